The molecule has 0 aliphatic heterocycles. The highest BCUT2D eigenvalue weighted by Crippen LogP contribution is 2.13. The van der Waals surface area contributed by atoms with Crippen LogP contribution < -0.4 is 17.0 Å². The van der Waals surface area contributed by atoms with E-state index >= 15 is 0 Å². The van der Waals surface area contributed by atoms with Gasteiger partial charge in [0.2, 0.25) is 0 Å². The molecule has 0 rings (SSSR count). The van der Waals surface area contributed by atoms with Gasteiger partial charge in [-0.25, -0.2) is 0 Å². The predicted molar refractivity (Wildman–Crippen MR) is 78.0 cm³/mol. The molecule has 0 aromatic carbocycles. The maximum Gasteiger partial charge on any atom is 0.134 e. The van der Waals surface area contributed by atoms with Crippen molar-refractivity contribution in [2.75, 3.05) is 25.6 Å². The Kier molecular flexibility index (Phi) is 15.9. The van der Waals surface area contributed by atoms with Crippen LogP contribution in [0.2, 0.25) is 0 Å². The fourth-order valence-electron chi connectivity index (χ4n) is 2.07. The van der Waals surface area contributed by atoms with Crippen molar-refractivity contribution in [2.24, 2.45) is 0 Å². The molecule has 0 bridgehead atoms. The zero-order chi connectivity index (χ0) is 12.3. The van der Waals surface area contributed by atoms with Crippen LogP contribution in [0.15, 0.2) is 0 Å². The van der Waals surface area contributed by atoms with E-state index in [0.717, 1.165) is 5.45 Å². The fourth-order valence-corrected chi connectivity index (χ4v) is 2.57. The highest BCUT2D eigenvalue weighted by atomic mass is 79.9. The molecular weight excluding hydrogens is 342 g/mol. The summed E-state index contributed by atoms with van der Waals surface area (Å²) in [6, 6.07) is 0. The van der Waals surface area contributed by atoms with E-state index in [0.29, 0.717) is 0 Å². The van der Waals surface area contributed by atoms with Crippen LogP contribution >= 0.6 is 15.9 Å². The molecule has 0 spiro atoms. The Morgan fingerprint density at radius 1 is 0.765 bits per heavy atom. The molecule has 0 fully saturated rings. The van der Waals surface area contributed by atoms with Crippen molar-refractivity contribution < 1.29 is 21.5 Å². The van der Waals surface area contributed by atoms with E-state index in [1.165, 1.54) is 68.9 Å². The van der Waals surface area contributed by atoms with E-state index < -0.39 is 0 Å². The molecule has 0 aromatic heterocycles. The molecule has 0 aromatic rings. The van der Waals surface area contributed by atoms with E-state index in [4.69, 9.17) is 0 Å². The van der Waals surface area contributed by atoms with Crippen LogP contribution in [0.5, 0.6) is 0 Å². The first kappa shape index (κ1) is 20.2. The Hall–Kier alpha value is 0.920. The van der Waals surface area contributed by atoms with Crippen molar-refractivity contribution in [1.29, 1.82) is 0 Å². The van der Waals surface area contributed by atoms with E-state index in [9.17, 15) is 0 Å². The molecule has 0 amide bonds. The topological polar surface area (TPSA) is 0 Å². The van der Waals surface area contributed by atoms with Crippen LogP contribution in [-0.4, -0.2) is 30.1 Å². The van der Waals surface area contributed by atoms with Crippen LogP contribution in [0.3, 0.4) is 0 Å². The Morgan fingerprint density at radius 3 is 1.65 bits per heavy atom. The van der Waals surface area contributed by atoms with Crippen LogP contribution in [0, 0.1) is 0 Å². The SMILES string of the molecule is CCCCCCC[N+](C)(CBr)CCCCC.[Br-]. The van der Waals surface area contributed by atoms with Gasteiger partial charge in [0.05, 0.1) is 20.1 Å². The molecule has 0 saturated carbocycles. The van der Waals surface area contributed by atoms with Crippen LogP contribution in [0.4, 0.5) is 0 Å². The molecule has 0 saturated heterocycles. The lowest BCUT2D eigenvalue weighted by Gasteiger charge is -2.32. The average molecular weight is 373 g/mol. The van der Waals surface area contributed by atoms with Crippen LogP contribution in [-0.2, 0) is 0 Å². The van der Waals surface area contributed by atoms with E-state index in [-0.39, 0.29) is 17.0 Å². The molecule has 0 aliphatic rings. The summed E-state index contributed by atoms with van der Waals surface area (Å²) in [6.45, 7) is 7.25. The third-order valence-corrected chi connectivity index (χ3v) is 4.60. The van der Waals surface area contributed by atoms with Crippen molar-refractivity contribution >= 4 is 15.9 Å². The Labute approximate surface area is 128 Å². The zero-order valence-electron chi connectivity index (χ0n) is 12.0. The highest BCUT2D eigenvalue weighted by Gasteiger charge is 2.18. The first-order chi connectivity index (χ1) is 7.68. The number of unbranched alkanes of at least 4 members (excludes halogenated alkanes) is 6. The number of quaternary nitrogens is 1. The molecule has 0 radical (unpaired) electrons. The van der Waals surface area contributed by atoms with Crippen molar-refractivity contribution in [3.05, 3.63) is 0 Å². The quantitative estimate of drug-likeness (QED) is 0.225. The summed E-state index contributed by atoms with van der Waals surface area (Å²) >= 11 is 3.68. The number of alkyl halides is 1. The smallest absolute Gasteiger partial charge is 0.134 e. The Bertz CT molecular complexity index is 153. The summed E-state index contributed by atoms with van der Waals surface area (Å²) in [4.78, 5) is 0. The van der Waals surface area contributed by atoms with Gasteiger partial charge in [-0.15, -0.1) is 0 Å². The van der Waals surface area contributed by atoms with Gasteiger partial charge in [0, 0.05) is 0 Å². The first-order valence-corrected chi connectivity index (χ1v) is 8.20. The number of hydrogen-bond donors (Lipinski definition) is 0. The molecule has 1 nitrogen and oxygen atoms in total. The monoisotopic (exact) mass is 371 g/mol. The molecule has 3 heteroatoms. The highest BCUT2D eigenvalue weighted by molar-refractivity contribution is 9.09. The summed E-state index contributed by atoms with van der Waals surface area (Å²) in [5.74, 6) is 0. The summed E-state index contributed by atoms with van der Waals surface area (Å²) < 4.78 is 1.21. The third kappa shape index (κ3) is 11.7. The normalized spacial score (nSPS) is 14.1. The lowest BCUT2D eigenvalue weighted by Crippen LogP contribution is -3.00. The van der Waals surface area contributed by atoms with Gasteiger partial charge in [0.25, 0.3) is 0 Å². The second kappa shape index (κ2) is 13.4. The van der Waals surface area contributed by atoms with E-state index in [2.05, 4.69) is 36.8 Å². The summed E-state index contributed by atoms with van der Waals surface area (Å²) in [7, 11) is 2.39. The minimum Gasteiger partial charge on any atom is -1.00 e. The first-order valence-electron chi connectivity index (χ1n) is 7.08. The predicted octanol–water partition coefficient (Wildman–Crippen LogP) is 1.95. The second-order valence-corrected chi connectivity index (χ2v) is 5.81. The van der Waals surface area contributed by atoms with Crippen molar-refractivity contribution in [3.8, 4) is 0 Å². The minimum atomic E-state index is 0. The second-order valence-electron chi connectivity index (χ2n) is 5.31. The maximum absolute atomic E-state index is 3.68. The Morgan fingerprint density at radius 2 is 1.18 bits per heavy atom. The molecule has 0 aliphatic carbocycles. The Balaban J connectivity index is 0. The molecule has 1 unspecified atom stereocenters. The van der Waals surface area contributed by atoms with Crippen molar-refractivity contribution in [1.82, 2.24) is 0 Å². The van der Waals surface area contributed by atoms with Crippen molar-refractivity contribution in [2.45, 2.75) is 65.2 Å². The van der Waals surface area contributed by atoms with E-state index in [1.807, 2.05) is 0 Å². The van der Waals surface area contributed by atoms with Gasteiger partial charge in [-0.2, -0.15) is 0 Å². The van der Waals surface area contributed by atoms with Gasteiger partial charge in [0.15, 0.2) is 0 Å². The van der Waals surface area contributed by atoms with Crippen molar-refractivity contribution in [3.63, 3.8) is 0 Å². The summed E-state index contributed by atoms with van der Waals surface area (Å²) in [5.41, 5.74) is 1.12. The van der Waals surface area contributed by atoms with Gasteiger partial charge < -0.3 is 21.5 Å². The van der Waals surface area contributed by atoms with Crippen LogP contribution in [0.1, 0.15) is 65.2 Å². The molecule has 106 valence electrons. The van der Waals surface area contributed by atoms with Crippen LogP contribution in [0.25, 0.3) is 0 Å². The lowest BCUT2D eigenvalue weighted by molar-refractivity contribution is -0.896. The molecular formula is C14H31Br2N. The number of hydrogen-bond acceptors (Lipinski definition) is 0. The summed E-state index contributed by atoms with van der Waals surface area (Å²) in [6.07, 6.45) is 11.1. The van der Waals surface area contributed by atoms with Gasteiger partial charge in [-0.1, -0.05) is 39.5 Å². The lowest BCUT2D eigenvalue weighted by atomic mass is 10.1. The van der Waals surface area contributed by atoms with Gasteiger partial charge >= 0.3 is 0 Å². The standard InChI is InChI=1S/C14H31BrN.BrH/c1-4-6-8-9-11-13-16(3,14-15)12-10-7-5-2;/h4-14H2,1-3H3;1H/q+1;/p-1. The molecule has 1 atom stereocenters. The average Bonchev–Trinajstić information content (AvgIpc) is 2.29. The molecule has 0 heterocycles. The molecule has 0 N–H and O–H groups in total. The maximum atomic E-state index is 3.68. The fraction of sp³-hybridized carbons (Fsp3) is 1.00. The minimum absolute atomic E-state index is 0. The summed E-state index contributed by atoms with van der Waals surface area (Å²) in [5, 5.41) is 0. The van der Waals surface area contributed by atoms with Gasteiger partial charge in [-0.3, -0.25) is 0 Å². The third-order valence-electron chi connectivity index (χ3n) is 3.39. The number of halogens is 2. The number of rotatable bonds is 11. The zero-order valence-corrected chi connectivity index (χ0v) is 15.2. The molecule has 17 heavy (non-hydrogen) atoms. The van der Waals surface area contributed by atoms with Gasteiger partial charge in [0.1, 0.15) is 5.45 Å². The van der Waals surface area contributed by atoms with Gasteiger partial charge in [-0.05, 0) is 41.6 Å². The number of nitrogens with zero attached hydrogens (tertiary/aromatic N) is 1. The largest absolute Gasteiger partial charge is 1.00 e. The van der Waals surface area contributed by atoms with E-state index in [1.54, 1.807) is 0 Å².